The van der Waals surface area contributed by atoms with Crippen LogP contribution in [0.2, 0.25) is 0 Å². The number of aromatic nitrogens is 1. The van der Waals surface area contributed by atoms with Gasteiger partial charge in [0, 0.05) is 76.8 Å². The van der Waals surface area contributed by atoms with Gasteiger partial charge in [-0.15, -0.1) is 4.73 Å². The summed E-state index contributed by atoms with van der Waals surface area (Å²) in [5, 5.41) is 20.0. The van der Waals surface area contributed by atoms with E-state index in [9.17, 15) is 66.9 Å². The highest BCUT2D eigenvalue weighted by Gasteiger charge is 2.46. The van der Waals surface area contributed by atoms with E-state index in [0.29, 0.717) is 77.4 Å². The number of rotatable bonds is 15. The fraction of sp³-hybridized carbons (Fsp3) is 0.289. The first-order valence-corrected chi connectivity index (χ1v) is 26.7. The standard InChI is InChI=1S/C45H47N3O16S4/c1-6-46-33-18-16-29-31(23-27(65(52,53)54)25-35(29)67(58,59)60)42(33)44(2,3)37(46)13-9-7-10-14-38-45(4,5)43-32-24-28(66(55,56)57)26-36(68(61,62)63)30(32)17-19-34(43)47(38)22-12-8-11-15-41(51)64-48-39(49)20-21-40(48)50/h7,9-10,13-14,16-21,23-26H,6,8,11-12,15,22H2,1-5H3,(H5-,49,50,52,53,54,55,56,57,58,59,60,61,62,63)/p+1. The van der Waals surface area contributed by atoms with Crippen molar-refractivity contribution < 1.29 is 76.3 Å². The number of benzene rings is 4. The van der Waals surface area contributed by atoms with Crippen molar-refractivity contribution in [2.24, 2.45) is 0 Å². The third kappa shape index (κ3) is 9.19. The van der Waals surface area contributed by atoms with Crippen LogP contribution in [0.15, 0.2) is 116 Å². The molecule has 23 heteroatoms. The molecule has 0 atom stereocenters. The van der Waals surface area contributed by atoms with Crippen LogP contribution in [0.4, 0.5) is 11.4 Å². The minimum absolute atomic E-state index is 0.0125. The number of anilines is 1. The summed E-state index contributed by atoms with van der Waals surface area (Å²) >= 11 is 0. The summed E-state index contributed by atoms with van der Waals surface area (Å²) in [6.07, 6.45) is 10.2. The first-order valence-electron chi connectivity index (χ1n) is 20.9. The Bertz CT molecular complexity index is 3530. The predicted octanol–water partition coefficient (Wildman–Crippen LogP) is 6.60. The van der Waals surface area contributed by atoms with Crippen molar-refractivity contribution in [3.8, 4) is 11.8 Å². The van der Waals surface area contributed by atoms with Gasteiger partial charge < -0.3 is 20.0 Å². The number of likely N-dealkylation sites (N-methyl/N-ethyl adjacent to an activating group) is 1. The lowest BCUT2D eigenvalue weighted by Crippen LogP contribution is -2.28. The second-order valence-corrected chi connectivity index (χ2v) is 22.9. The predicted molar refractivity (Wildman–Crippen MR) is 250 cm³/mol. The van der Waals surface area contributed by atoms with Gasteiger partial charge in [0.1, 0.15) is 16.3 Å². The highest BCUT2D eigenvalue weighted by molar-refractivity contribution is 7.87. The zero-order valence-corrected chi connectivity index (χ0v) is 40.4. The minimum atomic E-state index is -4.99. The van der Waals surface area contributed by atoms with E-state index in [2.05, 4.69) is 0 Å². The fourth-order valence-electron chi connectivity index (χ4n) is 9.30. The Labute approximate surface area is 392 Å². The zero-order chi connectivity index (χ0) is 50.1. The van der Waals surface area contributed by atoms with Crippen LogP contribution in [0.3, 0.4) is 0 Å². The second kappa shape index (κ2) is 17.6. The molecule has 2 aliphatic rings. The smallest absolute Gasteiger partial charge is 0.333 e. The molecule has 2 aliphatic heterocycles. The lowest BCUT2D eigenvalue weighted by molar-refractivity contribution is -0.438. The highest BCUT2D eigenvalue weighted by Crippen LogP contribution is 2.52. The molecular weight excluding hydrogens is 967 g/mol. The highest BCUT2D eigenvalue weighted by atomic mass is 32.2. The number of hydrogen-bond donors (Lipinski definition) is 6. The minimum Gasteiger partial charge on any atom is -0.492 e. The molecule has 0 spiro atoms. The third-order valence-corrected chi connectivity index (χ3v) is 15.7. The maximum Gasteiger partial charge on any atom is 0.333 e. The molecule has 0 radical (unpaired) electrons. The summed E-state index contributed by atoms with van der Waals surface area (Å²) in [5.74, 6) is -1.63. The van der Waals surface area contributed by atoms with Gasteiger partial charge in [-0.2, -0.15) is 38.2 Å². The molecule has 0 saturated heterocycles. The SMILES string of the molecule is CCN1C(=CC=CC=CC2=[N+](CCCCCC(=O)On3c(O)ccc3O)c3ccc4c(S(=O)(=O)O)cc(S(=O)(=O)O)cc4c3C2(C)C)C(C)(C)c2c1ccc1c(S(=O)(=O)O)cc(S(=O)(=O)O)cc21. The summed E-state index contributed by atoms with van der Waals surface area (Å²) in [4.78, 5) is 16.7. The monoisotopic (exact) mass is 1010 g/mol. The van der Waals surface area contributed by atoms with Crippen LogP contribution in [0, 0.1) is 0 Å². The van der Waals surface area contributed by atoms with Crippen molar-refractivity contribution >= 4 is 85.1 Å². The Morgan fingerprint density at radius 3 is 1.72 bits per heavy atom. The van der Waals surface area contributed by atoms with Gasteiger partial charge in [0.05, 0.1) is 15.2 Å². The quantitative estimate of drug-likeness (QED) is 0.0279. The number of fused-ring (bicyclic) bond motifs is 6. The number of carbonyl (C=O) groups is 1. The Kier molecular flexibility index (Phi) is 12.9. The number of aromatic hydroxyl groups is 2. The van der Waals surface area contributed by atoms with E-state index in [1.54, 1.807) is 30.4 Å². The molecule has 0 amide bonds. The van der Waals surface area contributed by atoms with Crippen molar-refractivity contribution in [1.29, 1.82) is 0 Å². The van der Waals surface area contributed by atoms with E-state index < -0.39 is 88.6 Å². The van der Waals surface area contributed by atoms with E-state index in [-0.39, 0.29) is 28.0 Å². The molecule has 4 aromatic carbocycles. The van der Waals surface area contributed by atoms with Crippen LogP contribution in [0.1, 0.15) is 71.4 Å². The third-order valence-electron chi connectivity index (χ3n) is 12.2. The lowest BCUT2D eigenvalue weighted by atomic mass is 9.79. The van der Waals surface area contributed by atoms with Crippen molar-refractivity contribution in [1.82, 2.24) is 4.73 Å². The summed E-state index contributed by atoms with van der Waals surface area (Å²) in [5.41, 5.74) is 1.82. The van der Waals surface area contributed by atoms with Gasteiger partial charge in [-0.3, -0.25) is 18.2 Å². The number of nitrogens with zero attached hydrogens (tertiary/aromatic N) is 3. The van der Waals surface area contributed by atoms with Gasteiger partial charge in [-0.25, -0.2) is 4.79 Å². The summed E-state index contributed by atoms with van der Waals surface area (Å²) in [6, 6.07) is 12.3. The van der Waals surface area contributed by atoms with Crippen molar-refractivity contribution in [2.75, 3.05) is 18.0 Å². The van der Waals surface area contributed by atoms with Gasteiger partial charge in [0.15, 0.2) is 5.71 Å². The lowest BCUT2D eigenvalue weighted by Gasteiger charge is -2.26. The number of allylic oxidation sites excluding steroid dienone is 6. The van der Waals surface area contributed by atoms with Crippen LogP contribution in [-0.2, 0) is 56.1 Å². The van der Waals surface area contributed by atoms with Crippen LogP contribution >= 0.6 is 0 Å². The normalized spacial score (nSPS) is 16.8. The Morgan fingerprint density at radius 2 is 1.19 bits per heavy atom. The van der Waals surface area contributed by atoms with Gasteiger partial charge in [-0.05, 0) is 92.4 Å². The first-order chi connectivity index (χ1) is 31.5. The summed E-state index contributed by atoms with van der Waals surface area (Å²) < 4.78 is 142. The second-order valence-electron chi connectivity index (χ2n) is 17.3. The molecule has 1 aromatic heterocycles. The molecule has 19 nitrogen and oxygen atoms in total. The van der Waals surface area contributed by atoms with E-state index in [1.807, 2.05) is 56.2 Å². The van der Waals surface area contributed by atoms with Crippen LogP contribution in [0.25, 0.3) is 21.5 Å². The van der Waals surface area contributed by atoms with Crippen molar-refractivity contribution in [2.45, 2.75) is 90.7 Å². The molecule has 7 rings (SSSR count). The van der Waals surface area contributed by atoms with E-state index in [1.165, 1.54) is 18.2 Å². The van der Waals surface area contributed by atoms with E-state index in [4.69, 9.17) is 4.84 Å². The maximum absolute atomic E-state index is 12.6. The molecule has 0 saturated carbocycles. The molecule has 0 aliphatic carbocycles. The zero-order valence-electron chi connectivity index (χ0n) is 37.1. The number of hydrogen-bond acceptors (Lipinski definition) is 13. The Hall–Kier alpha value is -5.92. The van der Waals surface area contributed by atoms with Gasteiger partial charge in [-0.1, -0.05) is 38.1 Å². The summed E-state index contributed by atoms with van der Waals surface area (Å²) in [6.45, 7) is 10.1. The molecular formula is C45H48N3O16S4+. The van der Waals surface area contributed by atoms with E-state index in [0.717, 1.165) is 23.9 Å². The summed E-state index contributed by atoms with van der Waals surface area (Å²) in [7, 11) is -19.8. The number of carbonyl (C=O) groups excluding carboxylic acids is 1. The maximum atomic E-state index is 12.6. The number of unbranched alkanes of at least 4 members (excludes halogenated alkanes) is 2. The Morgan fingerprint density at radius 1 is 0.647 bits per heavy atom. The largest absolute Gasteiger partial charge is 0.492 e. The van der Waals surface area contributed by atoms with Crippen LogP contribution < -0.4 is 9.74 Å². The van der Waals surface area contributed by atoms with Crippen LogP contribution in [0.5, 0.6) is 11.8 Å². The molecule has 3 heterocycles. The van der Waals surface area contributed by atoms with Crippen molar-refractivity contribution in [3.63, 3.8) is 0 Å². The first kappa shape index (κ1) is 50.0. The Balaban J connectivity index is 1.26. The molecule has 6 N–H and O–H groups in total. The molecule has 68 heavy (non-hydrogen) atoms. The fourth-order valence-corrected chi connectivity index (χ4v) is 12.0. The topological polar surface area (TPSA) is 295 Å². The average molecular weight is 1020 g/mol. The molecule has 0 bridgehead atoms. The van der Waals surface area contributed by atoms with Crippen molar-refractivity contribution in [3.05, 3.63) is 108 Å². The van der Waals surface area contributed by atoms with Gasteiger partial charge >= 0.3 is 5.97 Å². The van der Waals surface area contributed by atoms with E-state index >= 15 is 0 Å². The van der Waals surface area contributed by atoms with Gasteiger partial charge in [0.25, 0.3) is 40.5 Å². The molecule has 362 valence electrons. The molecule has 0 fully saturated rings. The van der Waals surface area contributed by atoms with Crippen LogP contribution in [-0.4, -0.2) is 96.2 Å². The molecule has 0 unspecified atom stereocenters. The average Bonchev–Trinajstić information content (AvgIpc) is 3.75. The molecule has 5 aromatic rings. The van der Waals surface area contributed by atoms with Gasteiger partial charge in [0.2, 0.25) is 17.4 Å².